The van der Waals surface area contributed by atoms with Gasteiger partial charge in [0.25, 0.3) is 0 Å². The molecule has 0 aromatic heterocycles. The number of rotatable bonds is 2. The largest absolute Gasteiger partial charge is 0.254 e. The van der Waals surface area contributed by atoms with E-state index in [9.17, 15) is 4.21 Å². The van der Waals surface area contributed by atoms with E-state index in [1.807, 2.05) is 24.3 Å². The van der Waals surface area contributed by atoms with E-state index in [0.29, 0.717) is 5.25 Å². The lowest BCUT2D eigenvalue weighted by molar-refractivity contribution is 0.682. The summed E-state index contributed by atoms with van der Waals surface area (Å²) in [6.45, 7) is 0. The van der Waals surface area contributed by atoms with Gasteiger partial charge >= 0.3 is 0 Å². The van der Waals surface area contributed by atoms with Crippen molar-refractivity contribution in [1.29, 1.82) is 0 Å². The summed E-state index contributed by atoms with van der Waals surface area (Å²) in [6.07, 6.45) is 2.26. The van der Waals surface area contributed by atoms with Crippen molar-refractivity contribution in [3.05, 3.63) is 28.7 Å². The van der Waals surface area contributed by atoms with Crippen LogP contribution in [0, 0.1) is 0 Å². The van der Waals surface area contributed by atoms with Crippen LogP contribution in [0.15, 0.2) is 33.6 Å². The molecule has 1 aromatic carbocycles. The van der Waals surface area contributed by atoms with Gasteiger partial charge in [-0.25, -0.2) is 0 Å². The molecule has 0 radical (unpaired) electrons. The lowest BCUT2D eigenvalue weighted by Gasteiger charge is -1.98. The van der Waals surface area contributed by atoms with Crippen LogP contribution in [0.2, 0.25) is 0 Å². The maximum absolute atomic E-state index is 11.6. The molecule has 0 amide bonds. The monoisotopic (exact) mass is 244 g/mol. The first-order valence-electron chi connectivity index (χ1n) is 3.93. The van der Waals surface area contributed by atoms with Crippen molar-refractivity contribution in [2.75, 3.05) is 0 Å². The summed E-state index contributed by atoms with van der Waals surface area (Å²) in [5.74, 6) is 0. The van der Waals surface area contributed by atoms with Crippen molar-refractivity contribution in [2.45, 2.75) is 23.0 Å². The van der Waals surface area contributed by atoms with Gasteiger partial charge in [0.05, 0.1) is 10.8 Å². The van der Waals surface area contributed by atoms with Crippen molar-refractivity contribution in [3.8, 4) is 0 Å². The van der Waals surface area contributed by atoms with Gasteiger partial charge in [-0.05, 0) is 37.1 Å². The van der Waals surface area contributed by atoms with Gasteiger partial charge in [0.15, 0.2) is 0 Å². The fourth-order valence-electron chi connectivity index (χ4n) is 1.04. The molecule has 1 nitrogen and oxygen atoms in total. The van der Waals surface area contributed by atoms with E-state index in [4.69, 9.17) is 0 Å². The van der Waals surface area contributed by atoms with E-state index < -0.39 is 10.8 Å². The second-order valence-corrected chi connectivity index (χ2v) is 5.60. The van der Waals surface area contributed by atoms with Crippen molar-refractivity contribution >= 4 is 26.7 Å². The summed E-state index contributed by atoms with van der Waals surface area (Å²) in [6, 6.07) is 7.74. The predicted octanol–water partition coefficient (Wildman–Crippen LogP) is 2.72. The first kappa shape index (κ1) is 8.45. The minimum Gasteiger partial charge on any atom is -0.254 e. The fourth-order valence-corrected chi connectivity index (χ4v) is 2.66. The average Bonchev–Trinajstić information content (AvgIpc) is 2.87. The molecule has 0 N–H and O–H groups in total. The van der Waals surface area contributed by atoms with Gasteiger partial charge in [0.2, 0.25) is 0 Å². The topological polar surface area (TPSA) is 17.1 Å². The third-order valence-corrected chi connectivity index (χ3v) is 4.22. The number of hydrogen-bond donors (Lipinski definition) is 0. The molecule has 1 aliphatic carbocycles. The molecule has 64 valence electrons. The maximum Gasteiger partial charge on any atom is 0.0560 e. The number of halogens is 1. The highest BCUT2D eigenvalue weighted by Gasteiger charge is 2.28. The molecule has 0 spiro atoms. The van der Waals surface area contributed by atoms with Gasteiger partial charge in [0.1, 0.15) is 0 Å². The lowest BCUT2D eigenvalue weighted by Crippen LogP contribution is -1.96. The van der Waals surface area contributed by atoms with Crippen molar-refractivity contribution in [2.24, 2.45) is 0 Å². The van der Waals surface area contributed by atoms with Crippen LogP contribution in [0.5, 0.6) is 0 Å². The Hall–Kier alpha value is -0.150. The molecule has 12 heavy (non-hydrogen) atoms. The van der Waals surface area contributed by atoms with E-state index in [2.05, 4.69) is 15.9 Å². The Labute approximate surface area is 82.8 Å². The summed E-state index contributed by atoms with van der Waals surface area (Å²) in [7, 11) is -0.753. The lowest BCUT2D eigenvalue weighted by atomic mass is 10.4. The Morgan fingerprint density at radius 1 is 1.25 bits per heavy atom. The molecular formula is C9H9BrOS. The molecule has 0 heterocycles. The van der Waals surface area contributed by atoms with Gasteiger partial charge in [-0.1, -0.05) is 15.9 Å². The molecule has 1 aliphatic rings. The van der Waals surface area contributed by atoms with Gasteiger partial charge in [-0.2, -0.15) is 0 Å². The second-order valence-electron chi connectivity index (χ2n) is 2.95. The molecule has 1 aromatic rings. The van der Waals surface area contributed by atoms with Gasteiger partial charge in [0, 0.05) is 14.6 Å². The zero-order chi connectivity index (χ0) is 8.55. The van der Waals surface area contributed by atoms with Crippen molar-refractivity contribution in [1.82, 2.24) is 0 Å². The second kappa shape index (κ2) is 3.30. The summed E-state index contributed by atoms with van der Waals surface area (Å²) < 4.78 is 12.7. The minimum atomic E-state index is -0.753. The Kier molecular flexibility index (Phi) is 2.33. The van der Waals surface area contributed by atoms with E-state index in [0.717, 1.165) is 22.2 Å². The zero-order valence-electron chi connectivity index (χ0n) is 6.50. The fraction of sp³-hybridized carbons (Fsp3) is 0.333. The number of benzene rings is 1. The van der Waals surface area contributed by atoms with Crippen molar-refractivity contribution in [3.63, 3.8) is 0 Å². The first-order chi connectivity index (χ1) is 5.77. The smallest absolute Gasteiger partial charge is 0.0560 e. The number of hydrogen-bond acceptors (Lipinski definition) is 1. The molecule has 0 bridgehead atoms. The third kappa shape index (κ3) is 1.77. The van der Waals surface area contributed by atoms with Gasteiger partial charge in [-0.15, -0.1) is 0 Å². The quantitative estimate of drug-likeness (QED) is 0.782. The van der Waals surface area contributed by atoms with E-state index >= 15 is 0 Å². The summed E-state index contributed by atoms with van der Waals surface area (Å²) in [4.78, 5) is 0.959. The van der Waals surface area contributed by atoms with Crippen LogP contribution in [0.25, 0.3) is 0 Å². The van der Waals surface area contributed by atoms with Gasteiger partial charge < -0.3 is 0 Å². The van der Waals surface area contributed by atoms with Crippen LogP contribution in [0.1, 0.15) is 12.8 Å². The first-order valence-corrected chi connectivity index (χ1v) is 5.94. The van der Waals surface area contributed by atoms with Crippen LogP contribution in [0.4, 0.5) is 0 Å². The van der Waals surface area contributed by atoms with Crippen LogP contribution >= 0.6 is 15.9 Å². The van der Waals surface area contributed by atoms with E-state index in [-0.39, 0.29) is 0 Å². The summed E-state index contributed by atoms with van der Waals surface area (Å²) in [5.41, 5.74) is 0. The highest BCUT2D eigenvalue weighted by molar-refractivity contribution is 9.10. The van der Waals surface area contributed by atoms with E-state index in [1.165, 1.54) is 0 Å². The molecule has 0 unspecified atom stereocenters. The summed E-state index contributed by atoms with van der Waals surface area (Å²) >= 11 is 3.35. The highest BCUT2D eigenvalue weighted by atomic mass is 79.9. The maximum atomic E-state index is 11.6. The van der Waals surface area contributed by atoms with Crippen molar-refractivity contribution < 1.29 is 4.21 Å². The Morgan fingerprint density at radius 3 is 2.33 bits per heavy atom. The van der Waals surface area contributed by atoms with Crippen LogP contribution in [-0.4, -0.2) is 9.46 Å². The molecular weight excluding hydrogens is 236 g/mol. The average molecular weight is 245 g/mol. The van der Waals surface area contributed by atoms with Crippen LogP contribution in [0.3, 0.4) is 0 Å². The van der Waals surface area contributed by atoms with E-state index in [1.54, 1.807) is 0 Å². The van der Waals surface area contributed by atoms with Gasteiger partial charge in [-0.3, -0.25) is 4.21 Å². The Morgan fingerprint density at radius 2 is 1.83 bits per heavy atom. The molecule has 1 saturated carbocycles. The molecule has 0 aliphatic heterocycles. The molecule has 3 heteroatoms. The van der Waals surface area contributed by atoms with Crippen LogP contribution < -0.4 is 0 Å². The minimum absolute atomic E-state index is 0.436. The standard InChI is InChI=1S/C9H9BrOS/c10-7-1-3-8(4-2-7)12(11)9-5-6-9/h1-4,9H,5-6H2/t12-/m0/s1. The zero-order valence-corrected chi connectivity index (χ0v) is 8.90. The SMILES string of the molecule is O=[S@@](c1ccc(Br)cc1)C1CC1. The Bertz CT molecular complexity index is 303. The summed E-state index contributed by atoms with van der Waals surface area (Å²) in [5, 5.41) is 0.436. The molecule has 1 fully saturated rings. The Balaban J connectivity index is 2.22. The molecule has 0 saturated heterocycles. The predicted molar refractivity (Wildman–Crippen MR) is 53.6 cm³/mol. The van der Waals surface area contributed by atoms with Crippen LogP contribution in [-0.2, 0) is 10.8 Å². The third-order valence-electron chi connectivity index (χ3n) is 1.87. The highest BCUT2D eigenvalue weighted by Crippen LogP contribution is 2.30. The normalized spacial score (nSPS) is 19.1. The molecule has 1 atom stereocenters. The molecule has 2 rings (SSSR count).